The van der Waals surface area contributed by atoms with E-state index < -0.39 is 0 Å². The summed E-state index contributed by atoms with van der Waals surface area (Å²) in [7, 11) is 1.63. The van der Waals surface area contributed by atoms with Crippen LogP contribution in [0.4, 0.5) is 4.79 Å². The number of likely N-dealkylation sites (tertiary alicyclic amines) is 2. The molecule has 18 heavy (non-hydrogen) atoms. The molecule has 5 heteroatoms. The Labute approximate surface area is 108 Å². The van der Waals surface area contributed by atoms with Crippen LogP contribution in [0.2, 0.25) is 0 Å². The lowest BCUT2D eigenvalue weighted by molar-refractivity contribution is -0.124. The summed E-state index contributed by atoms with van der Waals surface area (Å²) in [6.07, 6.45) is 6.32. The molecular weight excluding hydrogens is 230 g/mol. The van der Waals surface area contributed by atoms with Crippen LogP contribution in [-0.4, -0.2) is 54.5 Å². The number of urea groups is 1. The Hall–Kier alpha value is -1.26. The molecule has 2 saturated heterocycles. The highest BCUT2D eigenvalue weighted by Gasteiger charge is 2.35. The number of hydrogen-bond acceptors (Lipinski definition) is 2. The zero-order valence-corrected chi connectivity index (χ0v) is 11.2. The molecule has 2 rings (SSSR count). The summed E-state index contributed by atoms with van der Waals surface area (Å²) in [4.78, 5) is 27.9. The van der Waals surface area contributed by atoms with Crippen molar-refractivity contribution in [1.29, 1.82) is 0 Å². The number of carbonyl (C=O) groups excluding carboxylic acids is 2. The van der Waals surface area contributed by atoms with E-state index in [0.717, 1.165) is 38.8 Å². The second-order valence-corrected chi connectivity index (χ2v) is 5.15. The van der Waals surface area contributed by atoms with Gasteiger partial charge in [0, 0.05) is 26.7 Å². The molecule has 2 heterocycles. The second kappa shape index (κ2) is 6.07. The number of rotatable bonds is 1. The summed E-state index contributed by atoms with van der Waals surface area (Å²) in [6.45, 7) is 2.40. The first kappa shape index (κ1) is 13.2. The smallest absolute Gasteiger partial charge is 0.320 e. The zero-order chi connectivity index (χ0) is 13.0. The lowest BCUT2D eigenvalue weighted by atomic mass is 10.2. The van der Waals surface area contributed by atoms with Gasteiger partial charge < -0.3 is 15.1 Å². The molecule has 1 N–H and O–H groups in total. The molecule has 0 aromatic heterocycles. The number of nitrogens with zero attached hydrogens (tertiary/aromatic N) is 2. The third kappa shape index (κ3) is 2.76. The van der Waals surface area contributed by atoms with Crippen LogP contribution in [0.5, 0.6) is 0 Å². The van der Waals surface area contributed by atoms with Crippen LogP contribution in [0.15, 0.2) is 0 Å². The second-order valence-electron chi connectivity index (χ2n) is 5.15. The van der Waals surface area contributed by atoms with Crippen LogP contribution in [0, 0.1) is 0 Å². The standard InChI is InChI=1S/C13H23N3O2/c1-14-12(17)11-7-6-10-16(11)13(18)15-8-4-2-3-5-9-15/h11H,2-10H2,1H3,(H,14,17). The molecule has 0 saturated carbocycles. The van der Waals surface area contributed by atoms with Crippen LogP contribution in [-0.2, 0) is 4.79 Å². The molecule has 0 bridgehead atoms. The third-order valence-corrected chi connectivity index (χ3v) is 3.92. The predicted octanol–water partition coefficient (Wildman–Crippen LogP) is 1.19. The van der Waals surface area contributed by atoms with Crippen molar-refractivity contribution in [2.75, 3.05) is 26.7 Å². The Morgan fingerprint density at radius 1 is 1.00 bits per heavy atom. The van der Waals surface area contributed by atoms with Crippen LogP contribution >= 0.6 is 0 Å². The SMILES string of the molecule is CNC(=O)C1CCCN1C(=O)N1CCCCCC1. The number of carbonyl (C=O) groups is 2. The van der Waals surface area contributed by atoms with Crippen molar-refractivity contribution in [1.82, 2.24) is 15.1 Å². The number of nitrogens with one attached hydrogen (secondary N) is 1. The molecule has 2 aliphatic heterocycles. The fourth-order valence-electron chi connectivity index (χ4n) is 2.88. The molecular formula is C13H23N3O2. The topological polar surface area (TPSA) is 52.7 Å². The maximum Gasteiger partial charge on any atom is 0.320 e. The highest BCUT2D eigenvalue weighted by molar-refractivity contribution is 5.87. The van der Waals surface area contributed by atoms with Crippen LogP contribution < -0.4 is 5.32 Å². The Bertz CT molecular complexity index is 311. The van der Waals surface area contributed by atoms with Gasteiger partial charge in [0.25, 0.3) is 0 Å². The summed E-state index contributed by atoms with van der Waals surface area (Å²) in [5.74, 6) is -0.0318. The van der Waals surface area contributed by atoms with Gasteiger partial charge in [-0.25, -0.2) is 4.79 Å². The molecule has 2 fully saturated rings. The summed E-state index contributed by atoms with van der Waals surface area (Å²) in [6, 6.07) is -0.200. The molecule has 0 radical (unpaired) electrons. The summed E-state index contributed by atoms with van der Waals surface area (Å²) in [5, 5.41) is 2.66. The molecule has 5 nitrogen and oxygen atoms in total. The summed E-state index contributed by atoms with van der Waals surface area (Å²) >= 11 is 0. The predicted molar refractivity (Wildman–Crippen MR) is 69.2 cm³/mol. The largest absolute Gasteiger partial charge is 0.357 e. The molecule has 102 valence electrons. The van der Waals surface area contributed by atoms with E-state index in [1.807, 2.05) is 4.90 Å². The Morgan fingerprint density at radius 3 is 2.28 bits per heavy atom. The monoisotopic (exact) mass is 253 g/mol. The van der Waals surface area contributed by atoms with Gasteiger partial charge in [-0.15, -0.1) is 0 Å². The lowest BCUT2D eigenvalue weighted by Crippen LogP contribution is -2.50. The van der Waals surface area contributed by atoms with Crippen molar-refractivity contribution >= 4 is 11.9 Å². The molecule has 0 aromatic carbocycles. The molecule has 1 atom stereocenters. The average molecular weight is 253 g/mol. The van der Waals surface area contributed by atoms with E-state index in [1.165, 1.54) is 12.8 Å². The summed E-state index contributed by atoms with van der Waals surface area (Å²) in [5.41, 5.74) is 0. The molecule has 0 spiro atoms. The fraction of sp³-hybridized carbons (Fsp3) is 0.846. The zero-order valence-electron chi connectivity index (χ0n) is 11.2. The first-order chi connectivity index (χ1) is 8.74. The van der Waals surface area contributed by atoms with E-state index in [4.69, 9.17) is 0 Å². The van der Waals surface area contributed by atoms with Gasteiger partial charge in [0.2, 0.25) is 5.91 Å². The van der Waals surface area contributed by atoms with E-state index in [-0.39, 0.29) is 18.0 Å². The first-order valence-corrected chi connectivity index (χ1v) is 7.01. The van der Waals surface area contributed by atoms with Gasteiger partial charge in [-0.3, -0.25) is 4.79 Å². The quantitative estimate of drug-likeness (QED) is 0.763. The van der Waals surface area contributed by atoms with Crippen molar-refractivity contribution in [3.05, 3.63) is 0 Å². The molecule has 0 aliphatic carbocycles. The Balaban J connectivity index is 2.00. The van der Waals surface area contributed by atoms with Crippen molar-refractivity contribution in [3.8, 4) is 0 Å². The minimum absolute atomic E-state index is 0.0318. The van der Waals surface area contributed by atoms with Gasteiger partial charge in [0.15, 0.2) is 0 Å². The van der Waals surface area contributed by atoms with Gasteiger partial charge in [0.1, 0.15) is 6.04 Å². The molecule has 1 unspecified atom stereocenters. The van der Waals surface area contributed by atoms with Gasteiger partial charge >= 0.3 is 6.03 Å². The van der Waals surface area contributed by atoms with Gasteiger partial charge in [-0.2, -0.15) is 0 Å². The van der Waals surface area contributed by atoms with Crippen molar-refractivity contribution in [2.45, 2.75) is 44.6 Å². The van der Waals surface area contributed by atoms with Crippen molar-refractivity contribution in [3.63, 3.8) is 0 Å². The maximum absolute atomic E-state index is 12.5. The first-order valence-electron chi connectivity index (χ1n) is 7.01. The normalized spacial score (nSPS) is 24.8. The Morgan fingerprint density at radius 2 is 1.67 bits per heavy atom. The third-order valence-electron chi connectivity index (χ3n) is 3.92. The fourth-order valence-corrected chi connectivity index (χ4v) is 2.88. The highest BCUT2D eigenvalue weighted by Crippen LogP contribution is 2.21. The van der Waals surface area contributed by atoms with E-state index in [2.05, 4.69) is 5.32 Å². The van der Waals surface area contributed by atoms with Gasteiger partial charge in [-0.05, 0) is 25.7 Å². The number of hydrogen-bond donors (Lipinski definition) is 1. The van der Waals surface area contributed by atoms with E-state index >= 15 is 0 Å². The molecule has 0 aromatic rings. The number of amides is 3. The molecule has 2 aliphatic rings. The highest BCUT2D eigenvalue weighted by atomic mass is 16.2. The summed E-state index contributed by atoms with van der Waals surface area (Å²) < 4.78 is 0. The Kier molecular flexibility index (Phi) is 4.44. The lowest BCUT2D eigenvalue weighted by Gasteiger charge is -2.30. The van der Waals surface area contributed by atoms with Crippen LogP contribution in [0.3, 0.4) is 0 Å². The minimum atomic E-state index is -0.259. The number of likely N-dealkylation sites (N-methyl/N-ethyl adjacent to an activating group) is 1. The maximum atomic E-state index is 12.5. The van der Waals surface area contributed by atoms with Gasteiger partial charge in [-0.1, -0.05) is 12.8 Å². The van der Waals surface area contributed by atoms with Crippen LogP contribution in [0.1, 0.15) is 38.5 Å². The van der Waals surface area contributed by atoms with E-state index in [1.54, 1.807) is 11.9 Å². The van der Waals surface area contributed by atoms with Crippen LogP contribution in [0.25, 0.3) is 0 Å². The average Bonchev–Trinajstić information content (AvgIpc) is 2.72. The van der Waals surface area contributed by atoms with Crippen molar-refractivity contribution < 1.29 is 9.59 Å². The van der Waals surface area contributed by atoms with E-state index in [9.17, 15) is 9.59 Å². The molecule has 3 amide bonds. The minimum Gasteiger partial charge on any atom is -0.357 e. The van der Waals surface area contributed by atoms with E-state index in [0.29, 0.717) is 6.54 Å². The van der Waals surface area contributed by atoms with Crippen molar-refractivity contribution in [2.24, 2.45) is 0 Å². The van der Waals surface area contributed by atoms with Gasteiger partial charge in [0.05, 0.1) is 0 Å².